The number of primary sulfonamides is 1. The van der Waals surface area contributed by atoms with E-state index in [1.165, 1.54) is 25.0 Å². The largest absolute Gasteiger partial charge is 0.494 e. The van der Waals surface area contributed by atoms with E-state index in [1.54, 1.807) is 36.4 Å². The van der Waals surface area contributed by atoms with E-state index in [2.05, 4.69) is 12.2 Å². The fourth-order valence-electron chi connectivity index (χ4n) is 2.73. The number of hydrogen-bond donors (Lipinski definition) is 2. The lowest BCUT2D eigenvalue weighted by Crippen LogP contribution is -2.26. The first-order valence-corrected chi connectivity index (χ1v) is 11.0. The highest BCUT2D eigenvalue weighted by Gasteiger charge is 2.13. The number of benzene rings is 2. The first-order valence-electron chi connectivity index (χ1n) is 9.47. The number of sulfonamides is 1. The Kier molecular flexibility index (Phi) is 8.02. The fraction of sp³-hybridized carbons (Fsp3) is 0.381. The summed E-state index contributed by atoms with van der Waals surface area (Å²) in [7, 11) is -3.73. The Bertz CT molecular complexity index is 862. The van der Waals surface area contributed by atoms with Gasteiger partial charge in [0.05, 0.1) is 17.5 Å². The maximum absolute atomic E-state index is 12.4. The SMILES string of the molecule is CCCCCCOc1ccc(C(=O)NC(C)c2ccc(S(N)(=O)=O)cc2)cc1. The molecule has 0 aliphatic rings. The number of carbonyl (C=O) groups excluding carboxylic acids is 1. The number of rotatable bonds is 10. The van der Waals surface area contributed by atoms with Crippen molar-refractivity contribution in [1.29, 1.82) is 0 Å². The minimum atomic E-state index is -3.73. The van der Waals surface area contributed by atoms with E-state index in [-0.39, 0.29) is 16.8 Å². The number of hydrogen-bond acceptors (Lipinski definition) is 4. The third-order valence-corrected chi connectivity index (χ3v) is 5.37. The zero-order valence-electron chi connectivity index (χ0n) is 16.4. The van der Waals surface area contributed by atoms with Gasteiger partial charge in [0.15, 0.2) is 0 Å². The van der Waals surface area contributed by atoms with E-state index in [0.717, 1.165) is 24.2 Å². The van der Waals surface area contributed by atoms with Crippen LogP contribution >= 0.6 is 0 Å². The Morgan fingerprint density at radius 1 is 1.04 bits per heavy atom. The molecule has 1 amide bonds. The van der Waals surface area contributed by atoms with E-state index in [1.807, 2.05) is 6.92 Å². The average molecular weight is 405 g/mol. The minimum Gasteiger partial charge on any atom is -0.494 e. The highest BCUT2D eigenvalue weighted by molar-refractivity contribution is 7.89. The van der Waals surface area contributed by atoms with Crippen molar-refractivity contribution in [3.63, 3.8) is 0 Å². The van der Waals surface area contributed by atoms with Crippen molar-refractivity contribution in [2.75, 3.05) is 6.61 Å². The lowest BCUT2D eigenvalue weighted by atomic mass is 10.1. The molecular weight excluding hydrogens is 376 g/mol. The van der Waals surface area contributed by atoms with Crippen LogP contribution in [-0.2, 0) is 10.0 Å². The van der Waals surface area contributed by atoms with Crippen molar-refractivity contribution >= 4 is 15.9 Å². The predicted molar refractivity (Wildman–Crippen MR) is 110 cm³/mol. The normalized spacial score (nSPS) is 12.4. The Morgan fingerprint density at radius 2 is 1.68 bits per heavy atom. The summed E-state index contributed by atoms with van der Waals surface area (Å²) in [5.41, 5.74) is 1.32. The summed E-state index contributed by atoms with van der Waals surface area (Å²) in [4.78, 5) is 12.5. The van der Waals surface area contributed by atoms with Gasteiger partial charge in [0.2, 0.25) is 10.0 Å². The van der Waals surface area contributed by atoms with E-state index < -0.39 is 10.0 Å². The molecule has 2 aromatic rings. The monoisotopic (exact) mass is 404 g/mol. The summed E-state index contributed by atoms with van der Waals surface area (Å²) in [6, 6.07) is 12.9. The van der Waals surface area contributed by atoms with Crippen LogP contribution in [0.4, 0.5) is 0 Å². The van der Waals surface area contributed by atoms with Crippen molar-refractivity contribution < 1.29 is 17.9 Å². The van der Waals surface area contributed by atoms with E-state index >= 15 is 0 Å². The van der Waals surface area contributed by atoms with Gasteiger partial charge in [0.1, 0.15) is 5.75 Å². The summed E-state index contributed by atoms with van der Waals surface area (Å²) >= 11 is 0. The van der Waals surface area contributed by atoms with Crippen LogP contribution in [-0.4, -0.2) is 20.9 Å². The first-order chi connectivity index (χ1) is 13.3. The summed E-state index contributed by atoms with van der Waals surface area (Å²) < 4.78 is 28.3. The molecule has 2 rings (SSSR count). The molecule has 6 nitrogen and oxygen atoms in total. The van der Waals surface area contributed by atoms with Gasteiger partial charge in [-0.25, -0.2) is 13.6 Å². The first kappa shape index (κ1) is 21.9. The third kappa shape index (κ3) is 6.65. The highest BCUT2D eigenvalue weighted by atomic mass is 32.2. The van der Waals surface area contributed by atoms with Gasteiger partial charge in [0.25, 0.3) is 5.91 Å². The summed E-state index contributed by atoms with van der Waals surface area (Å²) in [6.45, 7) is 4.68. The second kappa shape index (κ2) is 10.2. The molecule has 1 unspecified atom stereocenters. The molecule has 2 aromatic carbocycles. The van der Waals surface area contributed by atoms with Crippen molar-refractivity contribution in [3.05, 3.63) is 59.7 Å². The van der Waals surface area contributed by atoms with Crippen LogP contribution < -0.4 is 15.2 Å². The lowest BCUT2D eigenvalue weighted by Gasteiger charge is -2.15. The van der Waals surface area contributed by atoms with Crippen LogP contribution in [0.3, 0.4) is 0 Å². The molecule has 0 aliphatic carbocycles. The smallest absolute Gasteiger partial charge is 0.251 e. The van der Waals surface area contributed by atoms with Crippen LogP contribution in [0.25, 0.3) is 0 Å². The van der Waals surface area contributed by atoms with E-state index in [9.17, 15) is 13.2 Å². The van der Waals surface area contributed by atoms with Gasteiger partial charge in [-0.15, -0.1) is 0 Å². The number of unbranched alkanes of at least 4 members (excludes halogenated alkanes) is 3. The number of ether oxygens (including phenoxy) is 1. The van der Waals surface area contributed by atoms with Gasteiger partial charge >= 0.3 is 0 Å². The third-order valence-electron chi connectivity index (χ3n) is 4.44. The highest BCUT2D eigenvalue weighted by Crippen LogP contribution is 2.17. The van der Waals surface area contributed by atoms with E-state index in [0.29, 0.717) is 12.2 Å². The van der Waals surface area contributed by atoms with Crippen LogP contribution in [0, 0.1) is 0 Å². The molecule has 0 aliphatic heterocycles. The maximum Gasteiger partial charge on any atom is 0.251 e. The van der Waals surface area contributed by atoms with Crippen LogP contribution in [0.15, 0.2) is 53.4 Å². The summed E-state index contributed by atoms with van der Waals surface area (Å²) in [5.74, 6) is 0.539. The number of carbonyl (C=O) groups is 1. The Labute approximate surface area is 167 Å². The van der Waals surface area contributed by atoms with Crippen LogP contribution in [0.2, 0.25) is 0 Å². The fourth-order valence-corrected chi connectivity index (χ4v) is 3.25. The van der Waals surface area contributed by atoms with Gasteiger partial charge in [-0.1, -0.05) is 38.3 Å². The molecule has 0 bridgehead atoms. The zero-order chi connectivity index (χ0) is 20.6. The molecule has 0 spiro atoms. The second-order valence-corrected chi connectivity index (χ2v) is 8.30. The Hall–Kier alpha value is -2.38. The minimum absolute atomic E-state index is 0.0417. The molecule has 0 fully saturated rings. The van der Waals surface area contributed by atoms with Crippen LogP contribution in [0.5, 0.6) is 5.75 Å². The Morgan fingerprint density at radius 3 is 2.25 bits per heavy atom. The van der Waals surface area contributed by atoms with Gasteiger partial charge in [-0.05, 0) is 55.3 Å². The molecule has 7 heteroatoms. The van der Waals surface area contributed by atoms with Crippen molar-refractivity contribution in [2.24, 2.45) is 5.14 Å². The lowest BCUT2D eigenvalue weighted by molar-refractivity contribution is 0.0940. The van der Waals surface area contributed by atoms with Gasteiger partial charge in [-0.3, -0.25) is 4.79 Å². The molecule has 1 atom stereocenters. The standard InChI is InChI=1S/C21H28N2O4S/c1-3-4-5-6-15-27-19-11-7-18(8-12-19)21(24)23-16(2)17-9-13-20(14-10-17)28(22,25)26/h7-14,16H,3-6,15H2,1-2H3,(H,23,24)(H2,22,25,26). The average Bonchev–Trinajstić information content (AvgIpc) is 2.67. The molecule has 0 heterocycles. The van der Waals surface area contributed by atoms with Gasteiger partial charge < -0.3 is 10.1 Å². The molecule has 0 aromatic heterocycles. The molecule has 0 radical (unpaired) electrons. The van der Waals surface area contributed by atoms with E-state index in [4.69, 9.17) is 9.88 Å². The summed E-state index contributed by atoms with van der Waals surface area (Å²) in [6.07, 6.45) is 4.59. The molecule has 152 valence electrons. The number of nitrogens with two attached hydrogens (primary N) is 1. The number of nitrogens with one attached hydrogen (secondary N) is 1. The second-order valence-electron chi connectivity index (χ2n) is 6.74. The predicted octanol–water partition coefficient (Wildman–Crippen LogP) is 3.78. The van der Waals surface area contributed by atoms with Crippen molar-refractivity contribution in [2.45, 2.75) is 50.5 Å². The zero-order valence-corrected chi connectivity index (χ0v) is 17.2. The van der Waals surface area contributed by atoms with Crippen molar-refractivity contribution in [1.82, 2.24) is 5.32 Å². The summed E-state index contributed by atoms with van der Waals surface area (Å²) in [5, 5.41) is 7.99. The Balaban J connectivity index is 1.89. The molecule has 3 N–H and O–H groups in total. The molecule has 0 saturated heterocycles. The number of amides is 1. The molecule has 28 heavy (non-hydrogen) atoms. The topological polar surface area (TPSA) is 98.5 Å². The van der Waals surface area contributed by atoms with Crippen molar-refractivity contribution in [3.8, 4) is 5.75 Å². The van der Waals surface area contributed by atoms with Crippen LogP contribution in [0.1, 0.15) is 61.5 Å². The quantitative estimate of drug-likeness (QED) is 0.589. The maximum atomic E-state index is 12.4. The van der Waals surface area contributed by atoms with Gasteiger partial charge in [0, 0.05) is 5.56 Å². The van der Waals surface area contributed by atoms with Gasteiger partial charge in [-0.2, -0.15) is 0 Å². The molecular formula is C21H28N2O4S. The molecule has 0 saturated carbocycles.